The molecule has 0 radical (unpaired) electrons. The first-order valence-electron chi connectivity index (χ1n) is 5.35. The highest BCUT2D eigenvalue weighted by Crippen LogP contribution is 2.18. The summed E-state index contributed by atoms with van der Waals surface area (Å²) in [6, 6.07) is 6.56. The second-order valence-corrected chi connectivity index (χ2v) is 3.77. The number of furan rings is 1. The zero-order chi connectivity index (χ0) is 12.3. The average molecular weight is 235 g/mol. The lowest BCUT2D eigenvalue weighted by atomic mass is 10.2. The van der Waals surface area contributed by atoms with Crippen LogP contribution in [0.2, 0.25) is 0 Å². The molecule has 0 unspecified atom stereocenters. The van der Waals surface area contributed by atoms with E-state index >= 15 is 0 Å². The predicted octanol–water partition coefficient (Wildman–Crippen LogP) is 2.76. The summed E-state index contributed by atoms with van der Waals surface area (Å²) in [4.78, 5) is 0. The van der Waals surface area contributed by atoms with Gasteiger partial charge in [0.25, 0.3) is 0 Å². The standard InChI is InChI=1S/C13H14FNO2/c1-9-2-3-11(6-12(9)14)17-8-13-10(7-15)4-5-16-13/h2-6H,7-8,15H2,1H3. The SMILES string of the molecule is Cc1ccc(OCc2occc2CN)cc1F. The number of aryl methyl sites for hydroxylation is 1. The van der Waals surface area contributed by atoms with Crippen LogP contribution in [0, 0.1) is 12.7 Å². The number of nitrogens with two attached hydrogens (primary N) is 1. The Bertz CT molecular complexity index is 508. The van der Waals surface area contributed by atoms with Crippen molar-refractivity contribution in [2.75, 3.05) is 0 Å². The van der Waals surface area contributed by atoms with E-state index in [1.165, 1.54) is 6.07 Å². The van der Waals surface area contributed by atoms with E-state index in [1.807, 2.05) is 0 Å². The van der Waals surface area contributed by atoms with Gasteiger partial charge in [0.1, 0.15) is 23.9 Å². The van der Waals surface area contributed by atoms with Gasteiger partial charge in [0.15, 0.2) is 0 Å². The van der Waals surface area contributed by atoms with Crippen LogP contribution in [0.5, 0.6) is 5.75 Å². The molecule has 0 atom stereocenters. The van der Waals surface area contributed by atoms with Crippen molar-refractivity contribution in [3.05, 3.63) is 53.2 Å². The maximum Gasteiger partial charge on any atom is 0.146 e. The minimum absolute atomic E-state index is 0.252. The van der Waals surface area contributed by atoms with Crippen molar-refractivity contribution in [1.29, 1.82) is 0 Å². The van der Waals surface area contributed by atoms with Crippen molar-refractivity contribution in [2.45, 2.75) is 20.1 Å². The summed E-state index contributed by atoms with van der Waals surface area (Å²) in [6.07, 6.45) is 1.57. The third-order valence-electron chi connectivity index (χ3n) is 2.57. The van der Waals surface area contributed by atoms with Gasteiger partial charge in [-0.15, -0.1) is 0 Å². The fourth-order valence-electron chi connectivity index (χ4n) is 1.49. The Balaban J connectivity index is 2.05. The summed E-state index contributed by atoms with van der Waals surface area (Å²) in [5.74, 6) is 0.877. The smallest absolute Gasteiger partial charge is 0.146 e. The molecule has 2 N–H and O–H groups in total. The summed E-state index contributed by atoms with van der Waals surface area (Å²) in [5.41, 5.74) is 7.03. The Morgan fingerprint density at radius 1 is 1.35 bits per heavy atom. The van der Waals surface area contributed by atoms with Gasteiger partial charge < -0.3 is 14.9 Å². The summed E-state index contributed by atoms with van der Waals surface area (Å²) in [7, 11) is 0. The second kappa shape index (κ2) is 5.01. The zero-order valence-corrected chi connectivity index (χ0v) is 9.57. The second-order valence-electron chi connectivity index (χ2n) is 3.77. The first-order chi connectivity index (χ1) is 8.20. The van der Waals surface area contributed by atoms with Gasteiger partial charge in [0.05, 0.1) is 6.26 Å². The molecule has 1 aromatic heterocycles. The molecule has 4 heteroatoms. The number of benzene rings is 1. The Morgan fingerprint density at radius 2 is 2.18 bits per heavy atom. The quantitative estimate of drug-likeness (QED) is 0.886. The van der Waals surface area contributed by atoms with Gasteiger partial charge in [-0.25, -0.2) is 4.39 Å². The van der Waals surface area contributed by atoms with E-state index in [0.29, 0.717) is 23.6 Å². The number of hydrogen-bond donors (Lipinski definition) is 1. The highest BCUT2D eigenvalue weighted by molar-refractivity contribution is 5.28. The molecule has 3 nitrogen and oxygen atoms in total. The summed E-state index contributed by atoms with van der Waals surface area (Å²) in [5, 5.41) is 0. The third-order valence-corrected chi connectivity index (χ3v) is 2.57. The fourth-order valence-corrected chi connectivity index (χ4v) is 1.49. The highest BCUT2D eigenvalue weighted by Gasteiger charge is 2.06. The lowest BCUT2D eigenvalue weighted by Crippen LogP contribution is -2.02. The average Bonchev–Trinajstić information content (AvgIpc) is 2.78. The molecule has 0 aliphatic heterocycles. The maximum absolute atomic E-state index is 13.3. The Hall–Kier alpha value is -1.81. The van der Waals surface area contributed by atoms with Crippen LogP contribution in [0.25, 0.3) is 0 Å². The van der Waals surface area contributed by atoms with Crippen molar-refractivity contribution in [3.8, 4) is 5.75 Å². The minimum atomic E-state index is -0.277. The van der Waals surface area contributed by atoms with E-state index in [1.54, 1.807) is 31.4 Å². The van der Waals surface area contributed by atoms with E-state index in [-0.39, 0.29) is 12.4 Å². The van der Waals surface area contributed by atoms with Crippen LogP contribution in [-0.4, -0.2) is 0 Å². The monoisotopic (exact) mass is 235 g/mol. The van der Waals surface area contributed by atoms with Crippen LogP contribution in [0.1, 0.15) is 16.9 Å². The number of hydrogen-bond acceptors (Lipinski definition) is 3. The van der Waals surface area contributed by atoms with Crippen LogP contribution in [0.3, 0.4) is 0 Å². The van der Waals surface area contributed by atoms with E-state index in [4.69, 9.17) is 14.9 Å². The molecule has 0 fully saturated rings. The molecule has 2 rings (SSSR count). The lowest BCUT2D eigenvalue weighted by molar-refractivity contribution is 0.267. The Kier molecular flexibility index (Phi) is 3.44. The topological polar surface area (TPSA) is 48.4 Å². The van der Waals surface area contributed by atoms with Crippen molar-refractivity contribution in [1.82, 2.24) is 0 Å². The van der Waals surface area contributed by atoms with Gasteiger partial charge in [-0.2, -0.15) is 0 Å². The predicted molar refractivity (Wildman–Crippen MR) is 62.1 cm³/mol. The molecule has 0 amide bonds. The molecule has 2 aromatic rings. The number of ether oxygens (including phenoxy) is 1. The molecule has 0 bridgehead atoms. The number of halogens is 1. The lowest BCUT2D eigenvalue weighted by Gasteiger charge is -2.06. The van der Waals surface area contributed by atoms with E-state index in [0.717, 1.165) is 5.56 Å². The van der Waals surface area contributed by atoms with Gasteiger partial charge >= 0.3 is 0 Å². The minimum Gasteiger partial charge on any atom is -0.486 e. The molecule has 90 valence electrons. The van der Waals surface area contributed by atoms with E-state index in [2.05, 4.69) is 0 Å². The fraction of sp³-hybridized carbons (Fsp3) is 0.231. The molecular formula is C13H14FNO2. The molecule has 17 heavy (non-hydrogen) atoms. The molecule has 1 heterocycles. The van der Waals surface area contributed by atoms with Gasteiger partial charge in [0.2, 0.25) is 0 Å². The summed E-state index contributed by atoms with van der Waals surface area (Å²) < 4.78 is 23.9. The van der Waals surface area contributed by atoms with Gasteiger partial charge in [-0.05, 0) is 24.6 Å². The summed E-state index contributed by atoms with van der Waals surface area (Å²) >= 11 is 0. The van der Waals surface area contributed by atoms with Gasteiger partial charge in [-0.1, -0.05) is 6.07 Å². The van der Waals surface area contributed by atoms with Crippen LogP contribution in [0.15, 0.2) is 34.9 Å². The van der Waals surface area contributed by atoms with E-state index < -0.39 is 0 Å². The van der Waals surface area contributed by atoms with Crippen molar-refractivity contribution < 1.29 is 13.5 Å². The molecule has 0 saturated heterocycles. The molecule has 0 saturated carbocycles. The Labute approximate surface area is 99.0 Å². The third kappa shape index (κ3) is 2.65. The van der Waals surface area contributed by atoms with Crippen LogP contribution < -0.4 is 10.5 Å². The van der Waals surface area contributed by atoms with Crippen LogP contribution in [0.4, 0.5) is 4.39 Å². The van der Waals surface area contributed by atoms with Gasteiger partial charge in [-0.3, -0.25) is 0 Å². The molecule has 0 spiro atoms. The van der Waals surface area contributed by atoms with Crippen molar-refractivity contribution in [3.63, 3.8) is 0 Å². The maximum atomic E-state index is 13.3. The van der Waals surface area contributed by atoms with Crippen molar-refractivity contribution >= 4 is 0 Å². The van der Waals surface area contributed by atoms with Crippen LogP contribution in [-0.2, 0) is 13.2 Å². The molecular weight excluding hydrogens is 221 g/mol. The first-order valence-corrected chi connectivity index (χ1v) is 5.35. The largest absolute Gasteiger partial charge is 0.486 e. The van der Waals surface area contributed by atoms with Gasteiger partial charge in [0, 0.05) is 18.2 Å². The highest BCUT2D eigenvalue weighted by atomic mass is 19.1. The zero-order valence-electron chi connectivity index (χ0n) is 9.57. The Morgan fingerprint density at radius 3 is 2.88 bits per heavy atom. The number of rotatable bonds is 4. The first kappa shape index (κ1) is 11.7. The van der Waals surface area contributed by atoms with Crippen molar-refractivity contribution in [2.24, 2.45) is 5.73 Å². The molecule has 0 aliphatic carbocycles. The molecule has 1 aromatic carbocycles. The summed E-state index contributed by atoms with van der Waals surface area (Å²) in [6.45, 7) is 2.36. The normalized spacial score (nSPS) is 10.5. The molecule has 0 aliphatic rings. The van der Waals surface area contributed by atoms with E-state index in [9.17, 15) is 4.39 Å². The van der Waals surface area contributed by atoms with Crippen LogP contribution >= 0.6 is 0 Å².